The molecule has 3 atom stereocenters. The molecule has 4 heterocycles. The predicted molar refractivity (Wildman–Crippen MR) is 144 cm³/mol. The summed E-state index contributed by atoms with van der Waals surface area (Å²) >= 11 is 0. The van der Waals surface area contributed by atoms with Crippen molar-refractivity contribution in [2.45, 2.75) is 103 Å². The molecule has 10 nitrogen and oxygen atoms in total. The van der Waals surface area contributed by atoms with Crippen LogP contribution in [0.1, 0.15) is 102 Å². The Bertz CT molecular complexity index is 1140. The number of hydrogen-bond donors (Lipinski definition) is 3. The number of anilines is 1. The normalized spacial score (nSPS) is 28.5. The third-order valence-electron chi connectivity index (χ3n) is 9.62. The minimum atomic E-state index is -0.604. The van der Waals surface area contributed by atoms with E-state index in [4.69, 9.17) is 24.5 Å². The van der Waals surface area contributed by atoms with E-state index in [1.807, 2.05) is 0 Å². The lowest BCUT2D eigenvalue weighted by atomic mass is 9.80. The van der Waals surface area contributed by atoms with Crippen molar-refractivity contribution in [2.24, 2.45) is 23.7 Å². The number of carbonyl (C=O) groups is 1. The van der Waals surface area contributed by atoms with E-state index in [0.717, 1.165) is 55.7 Å². The van der Waals surface area contributed by atoms with E-state index in [2.05, 4.69) is 41.5 Å². The molecule has 3 N–H and O–H groups in total. The molecular formula is C28H43N7O3. The Morgan fingerprint density at radius 2 is 1.76 bits per heavy atom. The second kappa shape index (κ2) is 11.0. The second-order valence-electron chi connectivity index (χ2n) is 12.3. The Hall–Kier alpha value is -2.46. The maximum absolute atomic E-state index is 11.8. The van der Waals surface area contributed by atoms with Crippen molar-refractivity contribution in [1.82, 2.24) is 30.3 Å². The van der Waals surface area contributed by atoms with Crippen molar-refractivity contribution in [3.63, 3.8) is 0 Å². The Morgan fingerprint density at radius 1 is 1.00 bits per heavy atom. The molecule has 10 heteroatoms. The van der Waals surface area contributed by atoms with Gasteiger partial charge in [-0.2, -0.15) is 0 Å². The first-order chi connectivity index (χ1) is 18.5. The summed E-state index contributed by atoms with van der Waals surface area (Å²) in [6, 6.07) is 0.298. The summed E-state index contributed by atoms with van der Waals surface area (Å²) in [6.45, 7) is 9.53. The van der Waals surface area contributed by atoms with E-state index in [-0.39, 0.29) is 0 Å². The third kappa shape index (κ3) is 5.21. The van der Waals surface area contributed by atoms with Crippen LogP contribution in [0.2, 0.25) is 0 Å². The minimum Gasteiger partial charge on any atom is -0.381 e. The summed E-state index contributed by atoms with van der Waals surface area (Å²) in [5, 5.41) is 6.52. The molecule has 2 aliphatic carbocycles. The molecule has 0 aromatic carbocycles. The molecule has 2 aromatic rings. The molecule has 38 heavy (non-hydrogen) atoms. The summed E-state index contributed by atoms with van der Waals surface area (Å²) in [4.78, 5) is 31.8. The molecule has 6 rings (SSSR count). The molecule has 2 aromatic heterocycles. The number of hydrogen-bond acceptors (Lipinski definition) is 8. The smallest absolute Gasteiger partial charge is 0.381 e. The van der Waals surface area contributed by atoms with E-state index in [0.29, 0.717) is 41.2 Å². The fraction of sp³-hybridized carbons (Fsp3) is 0.786. The van der Waals surface area contributed by atoms with E-state index < -0.39 is 12.3 Å². The lowest BCUT2D eigenvalue weighted by Gasteiger charge is -2.33. The van der Waals surface area contributed by atoms with Crippen LogP contribution in [-0.4, -0.2) is 44.9 Å². The molecule has 1 amide bonds. The van der Waals surface area contributed by atoms with Crippen molar-refractivity contribution >= 4 is 23.1 Å². The first kappa shape index (κ1) is 25.8. The molecule has 2 saturated carbocycles. The molecule has 0 radical (unpaired) electrons. The highest BCUT2D eigenvalue weighted by molar-refractivity contribution is 5.84. The van der Waals surface area contributed by atoms with Crippen molar-refractivity contribution in [1.29, 1.82) is 0 Å². The number of rotatable bonds is 8. The van der Waals surface area contributed by atoms with Gasteiger partial charge in [0, 0.05) is 31.7 Å². The van der Waals surface area contributed by atoms with E-state index >= 15 is 0 Å². The highest BCUT2D eigenvalue weighted by atomic mass is 16.7. The largest absolute Gasteiger partial charge is 0.427 e. The van der Waals surface area contributed by atoms with Gasteiger partial charge < -0.3 is 19.5 Å². The fourth-order valence-corrected chi connectivity index (χ4v) is 6.71. The van der Waals surface area contributed by atoms with Gasteiger partial charge >= 0.3 is 6.09 Å². The molecular weight excluding hydrogens is 482 g/mol. The van der Waals surface area contributed by atoms with Crippen LogP contribution in [0.3, 0.4) is 0 Å². The molecule has 0 bridgehead atoms. The standard InChI is InChI=1S/C28H43N7O3/c1-16-7-9-19(10-8-16)15-35-22-23(29-18(3)21-5-4-6-21)30-25(26-33-28(36)38-34-26)31-24(22)32-27(35)17(2)20-11-13-37-14-12-20/h16-21,26,34H,4-15H2,1-3H3,(H,33,36)(H,29,30,31)/t16?,17?,18-,19?,26?/m1/s1. The zero-order chi connectivity index (χ0) is 26.2. The average molecular weight is 526 g/mol. The number of carbonyl (C=O) groups excluding carboxylic acids is 1. The van der Waals surface area contributed by atoms with Crippen LogP contribution in [0, 0.1) is 23.7 Å². The van der Waals surface area contributed by atoms with Crippen LogP contribution in [0.15, 0.2) is 0 Å². The van der Waals surface area contributed by atoms with Crippen molar-refractivity contribution in [3.8, 4) is 0 Å². The Kier molecular flexibility index (Phi) is 7.44. The quantitative estimate of drug-likeness (QED) is 0.440. The number of fused-ring (bicyclic) bond motifs is 1. The van der Waals surface area contributed by atoms with Gasteiger partial charge in [0.2, 0.25) is 0 Å². The van der Waals surface area contributed by atoms with Gasteiger partial charge in [-0.1, -0.05) is 33.1 Å². The second-order valence-corrected chi connectivity index (χ2v) is 12.3. The van der Waals surface area contributed by atoms with Gasteiger partial charge in [-0.25, -0.2) is 19.7 Å². The maximum atomic E-state index is 11.8. The van der Waals surface area contributed by atoms with Gasteiger partial charge in [0.15, 0.2) is 23.5 Å². The summed E-state index contributed by atoms with van der Waals surface area (Å²) in [7, 11) is 0. The van der Waals surface area contributed by atoms with E-state index in [9.17, 15) is 4.79 Å². The average Bonchev–Trinajstić information content (AvgIpc) is 3.48. The number of imidazole rings is 1. The Labute approximate surface area is 225 Å². The van der Waals surface area contributed by atoms with Crippen molar-refractivity contribution in [3.05, 3.63) is 11.6 Å². The monoisotopic (exact) mass is 525 g/mol. The SMILES string of the molecule is CC1CCC(Cn2c(C(C)C3CCOCC3)nc3nc(C4NOC(=O)N4)nc(N[C@H](C)C4CCC4)c32)CC1. The van der Waals surface area contributed by atoms with Crippen LogP contribution >= 0.6 is 0 Å². The molecule has 0 spiro atoms. The molecule has 4 aliphatic rings. The Balaban J connectivity index is 1.43. The highest BCUT2D eigenvalue weighted by Gasteiger charge is 2.33. The third-order valence-corrected chi connectivity index (χ3v) is 9.62. The number of nitrogens with zero attached hydrogens (tertiary/aromatic N) is 4. The Morgan fingerprint density at radius 3 is 2.42 bits per heavy atom. The van der Waals surface area contributed by atoms with Crippen LogP contribution in [0.25, 0.3) is 11.2 Å². The number of amides is 1. The summed E-state index contributed by atoms with van der Waals surface area (Å²) in [6.07, 6.45) is 9.85. The number of aromatic nitrogens is 4. The van der Waals surface area contributed by atoms with E-state index in [1.165, 1.54) is 44.9 Å². The number of hydroxylamine groups is 1. The summed E-state index contributed by atoms with van der Waals surface area (Å²) in [5.41, 5.74) is 4.41. The molecule has 2 unspecified atom stereocenters. The fourth-order valence-electron chi connectivity index (χ4n) is 6.71. The lowest BCUT2D eigenvalue weighted by molar-refractivity contribution is 0.0583. The van der Waals surface area contributed by atoms with Crippen molar-refractivity contribution < 1.29 is 14.4 Å². The first-order valence-corrected chi connectivity index (χ1v) is 14.8. The lowest BCUT2D eigenvalue weighted by Crippen LogP contribution is -2.32. The van der Waals surface area contributed by atoms with Gasteiger partial charge in [0.25, 0.3) is 0 Å². The van der Waals surface area contributed by atoms with Gasteiger partial charge in [-0.05, 0) is 69.1 Å². The zero-order valence-corrected chi connectivity index (χ0v) is 23.0. The predicted octanol–water partition coefficient (Wildman–Crippen LogP) is 5.03. The number of ether oxygens (including phenoxy) is 1. The van der Waals surface area contributed by atoms with Crippen LogP contribution in [-0.2, 0) is 16.1 Å². The van der Waals surface area contributed by atoms with Gasteiger partial charge in [-0.3, -0.25) is 5.32 Å². The van der Waals surface area contributed by atoms with Crippen LogP contribution in [0.5, 0.6) is 0 Å². The summed E-state index contributed by atoms with van der Waals surface area (Å²) < 4.78 is 8.13. The van der Waals surface area contributed by atoms with Gasteiger partial charge in [0.05, 0.1) is 0 Å². The van der Waals surface area contributed by atoms with Gasteiger partial charge in [0.1, 0.15) is 11.3 Å². The van der Waals surface area contributed by atoms with Crippen molar-refractivity contribution in [2.75, 3.05) is 18.5 Å². The molecule has 4 fully saturated rings. The number of nitrogens with one attached hydrogen (secondary N) is 3. The van der Waals surface area contributed by atoms with Crippen LogP contribution < -0.4 is 16.1 Å². The zero-order valence-electron chi connectivity index (χ0n) is 23.0. The van der Waals surface area contributed by atoms with Crippen LogP contribution in [0.4, 0.5) is 10.6 Å². The molecule has 2 saturated heterocycles. The molecule has 2 aliphatic heterocycles. The van der Waals surface area contributed by atoms with Gasteiger partial charge in [-0.15, -0.1) is 5.48 Å². The van der Waals surface area contributed by atoms with E-state index in [1.54, 1.807) is 0 Å². The molecule has 208 valence electrons. The minimum absolute atomic E-state index is 0.295. The highest BCUT2D eigenvalue weighted by Crippen LogP contribution is 2.38. The topological polar surface area (TPSA) is 115 Å². The summed E-state index contributed by atoms with van der Waals surface area (Å²) in [5.74, 6) is 5.31. The maximum Gasteiger partial charge on any atom is 0.427 e. The first-order valence-electron chi connectivity index (χ1n) is 14.8.